The van der Waals surface area contributed by atoms with Crippen LogP contribution in [-0.2, 0) is 11.3 Å². The van der Waals surface area contributed by atoms with Gasteiger partial charge in [0.2, 0.25) is 0 Å². The molecule has 2 saturated heterocycles. The quantitative estimate of drug-likeness (QED) is 0.877. The minimum absolute atomic E-state index is 0.0989. The minimum atomic E-state index is -0.0989. The van der Waals surface area contributed by atoms with Crippen molar-refractivity contribution in [1.29, 1.82) is 0 Å². The third-order valence-electron chi connectivity index (χ3n) is 4.89. The Morgan fingerprint density at radius 2 is 1.82 bits per heavy atom. The summed E-state index contributed by atoms with van der Waals surface area (Å²) in [6.07, 6.45) is 4.03. The SMILES string of the molecule is OC1CCN(Cc2ccccc2NCC2CCOCC2)CC1. The van der Waals surface area contributed by atoms with Gasteiger partial charge in [0, 0.05) is 45.1 Å². The molecule has 0 aliphatic carbocycles. The molecule has 0 unspecified atom stereocenters. The number of anilines is 1. The summed E-state index contributed by atoms with van der Waals surface area (Å²) in [7, 11) is 0. The number of ether oxygens (including phenoxy) is 1. The summed E-state index contributed by atoms with van der Waals surface area (Å²) in [5.74, 6) is 0.729. The van der Waals surface area contributed by atoms with Crippen molar-refractivity contribution in [2.24, 2.45) is 5.92 Å². The van der Waals surface area contributed by atoms with Gasteiger partial charge in [0.05, 0.1) is 6.10 Å². The lowest BCUT2D eigenvalue weighted by molar-refractivity contribution is 0.0699. The highest BCUT2D eigenvalue weighted by Gasteiger charge is 2.18. The molecule has 0 spiro atoms. The van der Waals surface area contributed by atoms with Crippen molar-refractivity contribution in [3.8, 4) is 0 Å². The van der Waals surface area contributed by atoms with E-state index in [0.717, 1.165) is 58.2 Å². The molecule has 0 amide bonds. The molecule has 0 atom stereocenters. The zero-order valence-electron chi connectivity index (χ0n) is 13.3. The van der Waals surface area contributed by atoms with Gasteiger partial charge in [-0.05, 0) is 43.2 Å². The first-order valence-electron chi connectivity index (χ1n) is 8.61. The maximum absolute atomic E-state index is 9.63. The Balaban J connectivity index is 1.55. The standard InChI is InChI=1S/C18H28N2O2/c21-17-5-9-20(10-6-17)14-16-3-1-2-4-18(16)19-13-15-7-11-22-12-8-15/h1-4,15,17,19,21H,5-14H2. The van der Waals surface area contributed by atoms with Crippen LogP contribution in [0.25, 0.3) is 0 Å². The van der Waals surface area contributed by atoms with E-state index in [-0.39, 0.29) is 6.10 Å². The molecule has 2 aliphatic heterocycles. The van der Waals surface area contributed by atoms with Crippen LogP contribution in [0.3, 0.4) is 0 Å². The second-order valence-electron chi connectivity index (χ2n) is 6.60. The lowest BCUT2D eigenvalue weighted by Crippen LogP contribution is -2.35. The van der Waals surface area contributed by atoms with E-state index in [1.165, 1.54) is 24.1 Å². The first kappa shape index (κ1) is 15.8. The van der Waals surface area contributed by atoms with Gasteiger partial charge in [0.15, 0.2) is 0 Å². The Morgan fingerprint density at radius 3 is 2.59 bits per heavy atom. The van der Waals surface area contributed by atoms with Crippen LogP contribution in [0.5, 0.6) is 0 Å². The first-order valence-corrected chi connectivity index (χ1v) is 8.61. The zero-order chi connectivity index (χ0) is 15.2. The third kappa shape index (κ3) is 4.45. The third-order valence-corrected chi connectivity index (χ3v) is 4.89. The summed E-state index contributed by atoms with van der Waals surface area (Å²) in [6.45, 7) is 5.82. The number of aliphatic hydroxyl groups is 1. The van der Waals surface area contributed by atoms with Crippen molar-refractivity contribution in [1.82, 2.24) is 4.90 Å². The molecule has 122 valence electrons. The van der Waals surface area contributed by atoms with E-state index < -0.39 is 0 Å². The summed E-state index contributed by atoms with van der Waals surface area (Å²) in [5, 5.41) is 13.3. The fourth-order valence-corrected chi connectivity index (χ4v) is 3.35. The normalized spacial score (nSPS) is 21.9. The van der Waals surface area contributed by atoms with E-state index in [4.69, 9.17) is 4.74 Å². The van der Waals surface area contributed by atoms with Gasteiger partial charge in [-0.25, -0.2) is 0 Å². The molecule has 22 heavy (non-hydrogen) atoms. The van der Waals surface area contributed by atoms with E-state index >= 15 is 0 Å². The van der Waals surface area contributed by atoms with Crippen molar-refractivity contribution < 1.29 is 9.84 Å². The molecule has 2 heterocycles. The van der Waals surface area contributed by atoms with Gasteiger partial charge in [0.25, 0.3) is 0 Å². The van der Waals surface area contributed by atoms with E-state index in [1.54, 1.807) is 0 Å². The lowest BCUT2D eigenvalue weighted by Gasteiger charge is -2.30. The van der Waals surface area contributed by atoms with E-state index in [2.05, 4.69) is 34.5 Å². The average Bonchev–Trinajstić information content (AvgIpc) is 2.57. The second-order valence-corrected chi connectivity index (χ2v) is 6.60. The number of hydrogen-bond donors (Lipinski definition) is 2. The van der Waals surface area contributed by atoms with E-state index in [9.17, 15) is 5.11 Å². The predicted molar refractivity (Wildman–Crippen MR) is 89.0 cm³/mol. The van der Waals surface area contributed by atoms with Crippen molar-refractivity contribution >= 4 is 5.69 Å². The summed E-state index contributed by atoms with van der Waals surface area (Å²) in [4.78, 5) is 2.45. The van der Waals surface area contributed by atoms with Crippen molar-refractivity contribution in [3.05, 3.63) is 29.8 Å². The molecule has 4 heteroatoms. The average molecular weight is 304 g/mol. The molecule has 0 aromatic heterocycles. The van der Waals surface area contributed by atoms with Gasteiger partial charge < -0.3 is 15.2 Å². The number of aliphatic hydroxyl groups excluding tert-OH is 1. The van der Waals surface area contributed by atoms with Gasteiger partial charge >= 0.3 is 0 Å². The van der Waals surface area contributed by atoms with Gasteiger partial charge in [-0.15, -0.1) is 0 Å². The number of benzene rings is 1. The molecule has 3 rings (SSSR count). The van der Waals surface area contributed by atoms with Crippen LogP contribution in [0.2, 0.25) is 0 Å². The fourth-order valence-electron chi connectivity index (χ4n) is 3.35. The molecule has 0 saturated carbocycles. The Kier molecular flexibility index (Phi) is 5.70. The maximum Gasteiger partial charge on any atom is 0.0564 e. The van der Waals surface area contributed by atoms with Gasteiger partial charge in [-0.2, -0.15) is 0 Å². The first-order chi connectivity index (χ1) is 10.8. The Morgan fingerprint density at radius 1 is 1.09 bits per heavy atom. The molecule has 2 fully saturated rings. The molecule has 2 N–H and O–H groups in total. The highest BCUT2D eigenvalue weighted by molar-refractivity contribution is 5.51. The topological polar surface area (TPSA) is 44.7 Å². The molecular weight excluding hydrogens is 276 g/mol. The lowest BCUT2D eigenvalue weighted by atomic mass is 10.00. The Bertz CT molecular complexity index is 452. The van der Waals surface area contributed by atoms with Crippen molar-refractivity contribution in [2.45, 2.75) is 38.3 Å². The van der Waals surface area contributed by atoms with Crippen molar-refractivity contribution in [3.63, 3.8) is 0 Å². The minimum Gasteiger partial charge on any atom is -0.393 e. The van der Waals surface area contributed by atoms with Crippen LogP contribution in [-0.4, -0.2) is 49.0 Å². The summed E-state index contributed by atoms with van der Waals surface area (Å²) >= 11 is 0. The molecular formula is C18H28N2O2. The monoisotopic (exact) mass is 304 g/mol. The Hall–Kier alpha value is -1.10. The zero-order valence-corrected chi connectivity index (χ0v) is 13.3. The predicted octanol–water partition coefficient (Wildman–Crippen LogP) is 2.48. The number of rotatable bonds is 5. The largest absolute Gasteiger partial charge is 0.393 e. The van der Waals surface area contributed by atoms with Crippen molar-refractivity contribution in [2.75, 3.05) is 38.2 Å². The van der Waals surface area contributed by atoms with Crippen LogP contribution >= 0.6 is 0 Å². The summed E-state index contributed by atoms with van der Waals surface area (Å²) in [6, 6.07) is 8.63. The van der Waals surface area contributed by atoms with Crippen LogP contribution in [0.4, 0.5) is 5.69 Å². The molecule has 1 aromatic carbocycles. The number of piperidine rings is 1. The van der Waals surface area contributed by atoms with Crippen LogP contribution in [0.1, 0.15) is 31.2 Å². The number of nitrogens with one attached hydrogen (secondary N) is 1. The van der Waals surface area contributed by atoms with Gasteiger partial charge in [-0.1, -0.05) is 18.2 Å². The smallest absolute Gasteiger partial charge is 0.0564 e. The summed E-state index contributed by atoms with van der Waals surface area (Å²) in [5.41, 5.74) is 2.63. The van der Waals surface area contributed by atoms with E-state index in [1.807, 2.05) is 0 Å². The van der Waals surface area contributed by atoms with Gasteiger partial charge in [0.1, 0.15) is 0 Å². The Labute approximate surface area is 133 Å². The highest BCUT2D eigenvalue weighted by Crippen LogP contribution is 2.22. The number of nitrogens with zero attached hydrogens (tertiary/aromatic N) is 1. The highest BCUT2D eigenvalue weighted by atomic mass is 16.5. The second kappa shape index (κ2) is 7.95. The molecule has 0 radical (unpaired) electrons. The maximum atomic E-state index is 9.63. The van der Waals surface area contributed by atoms with Crippen LogP contribution in [0, 0.1) is 5.92 Å². The van der Waals surface area contributed by atoms with Crippen LogP contribution in [0.15, 0.2) is 24.3 Å². The molecule has 2 aliphatic rings. The van der Waals surface area contributed by atoms with Crippen LogP contribution < -0.4 is 5.32 Å². The molecule has 0 bridgehead atoms. The number of likely N-dealkylation sites (tertiary alicyclic amines) is 1. The molecule has 1 aromatic rings. The summed E-state index contributed by atoms with van der Waals surface area (Å²) < 4.78 is 5.43. The van der Waals surface area contributed by atoms with E-state index in [0.29, 0.717) is 0 Å². The van der Waals surface area contributed by atoms with Gasteiger partial charge in [-0.3, -0.25) is 4.90 Å². The number of hydrogen-bond acceptors (Lipinski definition) is 4. The fraction of sp³-hybridized carbons (Fsp3) is 0.667. The molecule has 4 nitrogen and oxygen atoms in total. The number of para-hydroxylation sites is 1.